The van der Waals surface area contributed by atoms with E-state index < -0.39 is 0 Å². The van der Waals surface area contributed by atoms with Crippen LogP contribution in [0.4, 0.5) is 0 Å². The lowest BCUT2D eigenvalue weighted by molar-refractivity contribution is 0.564. The number of hydrogen-bond acceptors (Lipinski definition) is 2. The molecule has 1 aliphatic carbocycles. The van der Waals surface area contributed by atoms with Gasteiger partial charge in [-0.2, -0.15) is 5.10 Å². The topological polar surface area (TPSA) is 43.8 Å². The van der Waals surface area contributed by atoms with Crippen molar-refractivity contribution in [1.82, 2.24) is 9.78 Å². The third-order valence-corrected chi connectivity index (χ3v) is 3.33. The monoisotopic (exact) mass is 229 g/mol. The number of nitrogens with two attached hydrogens (primary N) is 1. The van der Waals surface area contributed by atoms with Gasteiger partial charge in [0.2, 0.25) is 0 Å². The van der Waals surface area contributed by atoms with Gasteiger partial charge in [-0.3, -0.25) is 4.68 Å². The Bertz CT molecular complexity index is 305. The van der Waals surface area contributed by atoms with Gasteiger partial charge in [-0.1, -0.05) is 0 Å². The van der Waals surface area contributed by atoms with Crippen molar-refractivity contribution >= 4 is 15.9 Å². The van der Waals surface area contributed by atoms with Gasteiger partial charge in [0.1, 0.15) is 4.60 Å². The first-order valence-corrected chi connectivity index (χ1v) is 4.96. The highest BCUT2D eigenvalue weighted by Crippen LogP contribution is 2.32. The zero-order chi connectivity index (χ0) is 8.72. The average Bonchev–Trinajstić information content (AvgIpc) is 2.29. The van der Waals surface area contributed by atoms with E-state index in [9.17, 15) is 0 Å². The lowest BCUT2D eigenvalue weighted by Gasteiger charge is -2.17. The third kappa shape index (κ3) is 1.10. The van der Waals surface area contributed by atoms with Crippen LogP contribution in [0.2, 0.25) is 0 Å². The minimum atomic E-state index is 0.178. The van der Waals surface area contributed by atoms with E-state index in [2.05, 4.69) is 21.0 Å². The Balaban J connectivity index is 2.54. The largest absolute Gasteiger partial charge is 0.324 e. The summed E-state index contributed by atoms with van der Waals surface area (Å²) < 4.78 is 2.90. The van der Waals surface area contributed by atoms with Crippen LogP contribution in [0.1, 0.15) is 30.1 Å². The molecule has 0 saturated heterocycles. The van der Waals surface area contributed by atoms with E-state index in [1.165, 1.54) is 11.3 Å². The van der Waals surface area contributed by atoms with E-state index >= 15 is 0 Å². The Morgan fingerprint density at radius 3 is 3.08 bits per heavy atom. The van der Waals surface area contributed by atoms with Crippen LogP contribution < -0.4 is 5.73 Å². The second kappa shape index (κ2) is 2.85. The summed E-state index contributed by atoms with van der Waals surface area (Å²) in [5.41, 5.74) is 8.36. The van der Waals surface area contributed by atoms with Crippen molar-refractivity contribution < 1.29 is 0 Å². The molecule has 0 amide bonds. The van der Waals surface area contributed by atoms with Crippen LogP contribution in [0, 0.1) is 0 Å². The normalized spacial score (nSPS) is 22.4. The van der Waals surface area contributed by atoms with Crippen molar-refractivity contribution in [2.75, 3.05) is 0 Å². The van der Waals surface area contributed by atoms with Gasteiger partial charge in [0.25, 0.3) is 0 Å². The highest BCUT2D eigenvalue weighted by molar-refractivity contribution is 9.10. The minimum Gasteiger partial charge on any atom is -0.324 e. The fraction of sp³-hybridized carbons (Fsp3) is 0.625. The lowest BCUT2D eigenvalue weighted by atomic mass is 9.94. The molecule has 0 aliphatic heterocycles. The van der Waals surface area contributed by atoms with Crippen LogP contribution in [-0.2, 0) is 13.5 Å². The van der Waals surface area contributed by atoms with Crippen molar-refractivity contribution in [1.29, 1.82) is 0 Å². The van der Waals surface area contributed by atoms with Gasteiger partial charge in [0.05, 0.1) is 5.69 Å². The van der Waals surface area contributed by atoms with E-state index in [1.54, 1.807) is 0 Å². The van der Waals surface area contributed by atoms with Crippen LogP contribution in [0.15, 0.2) is 4.60 Å². The number of halogens is 1. The highest BCUT2D eigenvalue weighted by atomic mass is 79.9. The zero-order valence-electron chi connectivity index (χ0n) is 7.05. The zero-order valence-corrected chi connectivity index (χ0v) is 8.63. The molecule has 0 saturated carbocycles. The Morgan fingerprint density at radius 2 is 2.42 bits per heavy atom. The summed E-state index contributed by atoms with van der Waals surface area (Å²) in [6.07, 6.45) is 3.32. The van der Waals surface area contributed by atoms with Crippen molar-refractivity contribution in [3.63, 3.8) is 0 Å². The van der Waals surface area contributed by atoms with E-state index in [4.69, 9.17) is 5.73 Å². The molecule has 1 aliphatic rings. The number of aryl methyl sites for hydroxylation is 2. The molecule has 1 atom stereocenters. The van der Waals surface area contributed by atoms with E-state index in [0.29, 0.717) is 0 Å². The Morgan fingerprint density at radius 1 is 1.67 bits per heavy atom. The molecule has 0 fully saturated rings. The van der Waals surface area contributed by atoms with Crippen molar-refractivity contribution in [2.24, 2.45) is 12.8 Å². The number of hydrogen-bond donors (Lipinski definition) is 1. The SMILES string of the molecule is Cn1nc2c(c1Br)C(N)CCC2. The molecular weight excluding hydrogens is 218 g/mol. The molecule has 1 unspecified atom stereocenters. The summed E-state index contributed by atoms with van der Waals surface area (Å²) in [6.45, 7) is 0. The molecule has 1 heterocycles. The predicted octanol–water partition coefficient (Wildman–Crippen LogP) is 1.52. The first-order chi connectivity index (χ1) is 5.70. The molecule has 12 heavy (non-hydrogen) atoms. The number of fused-ring (bicyclic) bond motifs is 1. The van der Waals surface area contributed by atoms with Gasteiger partial charge in [0, 0.05) is 18.7 Å². The molecule has 2 rings (SSSR count). The standard InChI is InChI=1S/C8H12BrN3/c1-12-8(9)7-5(10)3-2-4-6(7)11-12/h5H,2-4,10H2,1H3. The average molecular weight is 230 g/mol. The molecule has 4 heteroatoms. The Hall–Kier alpha value is -0.350. The molecule has 0 aromatic carbocycles. The summed E-state index contributed by atoms with van der Waals surface area (Å²) in [4.78, 5) is 0. The summed E-state index contributed by atoms with van der Waals surface area (Å²) in [5.74, 6) is 0. The van der Waals surface area contributed by atoms with Crippen molar-refractivity contribution in [3.8, 4) is 0 Å². The van der Waals surface area contributed by atoms with Crippen LogP contribution in [0.3, 0.4) is 0 Å². The van der Waals surface area contributed by atoms with Gasteiger partial charge in [-0.05, 0) is 35.2 Å². The third-order valence-electron chi connectivity index (χ3n) is 2.39. The molecular formula is C8H12BrN3. The van der Waals surface area contributed by atoms with Gasteiger partial charge in [0.15, 0.2) is 0 Å². The second-order valence-electron chi connectivity index (χ2n) is 3.27. The number of rotatable bonds is 0. The van der Waals surface area contributed by atoms with Crippen molar-refractivity contribution in [2.45, 2.75) is 25.3 Å². The molecule has 1 aromatic rings. The van der Waals surface area contributed by atoms with Crippen LogP contribution >= 0.6 is 15.9 Å². The van der Waals surface area contributed by atoms with Crippen molar-refractivity contribution in [3.05, 3.63) is 15.9 Å². The highest BCUT2D eigenvalue weighted by Gasteiger charge is 2.23. The fourth-order valence-corrected chi connectivity index (χ4v) is 2.36. The number of aromatic nitrogens is 2. The maximum absolute atomic E-state index is 5.98. The molecule has 0 bridgehead atoms. The summed E-state index contributed by atoms with van der Waals surface area (Å²) in [6, 6.07) is 0.178. The van der Waals surface area contributed by atoms with Gasteiger partial charge in [-0.15, -0.1) is 0 Å². The molecule has 66 valence electrons. The van der Waals surface area contributed by atoms with Gasteiger partial charge in [-0.25, -0.2) is 0 Å². The number of nitrogens with zero attached hydrogens (tertiary/aromatic N) is 2. The molecule has 1 aromatic heterocycles. The van der Waals surface area contributed by atoms with E-state index in [-0.39, 0.29) is 6.04 Å². The van der Waals surface area contributed by atoms with Gasteiger partial charge < -0.3 is 5.73 Å². The lowest BCUT2D eigenvalue weighted by Crippen LogP contribution is -2.16. The first-order valence-electron chi connectivity index (χ1n) is 4.17. The maximum Gasteiger partial charge on any atom is 0.108 e. The first kappa shape index (κ1) is 8.26. The molecule has 0 spiro atoms. The fourth-order valence-electron chi connectivity index (χ4n) is 1.76. The Kier molecular flexibility index (Phi) is 1.96. The molecule has 2 N–H and O–H groups in total. The quantitative estimate of drug-likeness (QED) is 0.734. The maximum atomic E-state index is 5.98. The Labute approximate surface area is 80.1 Å². The van der Waals surface area contributed by atoms with Crippen LogP contribution in [-0.4, -0.2) is 9.78 Å². The van der Waals surface area contributed by atoms with E-state index in [0.717, 1.165) is 23.9 Å². The smallest absolute Gasteiger partial charge is 0.108 e. The van der Waals surface area contributed by atoms with Crippen LogP contribution in [0.5, 0.6) is 0 Å². The van der Waals surface area contributed by atoms with Gasteiger partial charge >= 0.3 is 0 Å². The summed E-state index contributed by atoms with van der Waals surface area (Å²) >= 11 is 3.50. The molecule has 3 nitrogen and oxygen atoms in total. The van der Waals surface area contributed by atoms with E-state index in [1.807, 2.05) is 11.7 Å². The molecule has 0 radical (unpaired) electrons. The summed E-state index contributed by atoms with van der Waals surface area (Å²) in [5, 5.41) is 4.39. The van der Waals surface area contributed by atoms with Crippen LogP contribution in [0.25, 0.3) is 0 Å². The second-order valence-corrected chi connectivity index (χ2v) is 4.02. The predicted molar refractivity (Wildman–Crippen MR) is 50.8 cm³/mol. The minimum absolute atomic E-state index is 0.178. The summed E-state index contributed by atoms with van der Waals surface area (Å²) in [7, 11) is 1.94.